The summed E-state index contributed by atoms with van der Waals surface area (Å²) in [5.74, 6) is 3.17. The molecule has 3 aromatic rings. The number of nitrogens with one attached hydrogen (secondary N) is 1. The van der Waals surface area contributed by atoms with Crippen molar-refractivity contribution in [3.05, 3.63) is 136 Å². The average Bonchev–Trinajstić information content (AvgIpc) is 2.85. The van der Waals surface area contributed by atoms with E-state index in [1.807, 2.05) is 23.2 Å². The topological polar surface area (TPSA) is 15.3 Å². The van der Waals surface area contributed by atoms with Crippen molar-refractivity contribution in [2.75, 3.05) is 5.32 Å². The fourth-order valence-corrected chi connectivity index (χ4v) is 4.02. The molecular weight excluding hydrogens is 468 g/mol. The van der Waals surface area contributed by atoms with Crippen LogP contribution in [0, 0.1) is 12.0 Å². The molecule has 1 heterocycles. The fraction of sp³-hybridized carbons (Fsp3) is 0.133. The second-order valence-corrected chi connectivity index (χ2v) is 8.76. The molecule has 1 atom stereocenters. The number of nitrogens with zero attached hydrogens (tertiary/aromatic N) is 1. The molecule has 3 heteroatoms. The maximum atomic E-state index is 3.71. The molecule has 4 rings (SSSR count). The lowest BCUT2D eigenvalue weighted by Gasteiger charge is -2.23. The van der Waals surface area contributed by atoms with E-state index in [-0.39, 0.29) is 6.04 Å². The van der Waals surface area contributed by atoms with Crippen LogP contribution in [0.1, 0.15) is 36.1 Å². The highest BCUT2D eigenvalue weighted by Crippen LogP contribution is 2.27. The predicted molar refractivity (Wildman–Crippen MR) is 143 cm³/mol. The molecule has 0 amide bonds. The highest BCUT2D eigenvalue weighted by Gasteiger charge is 2.14. The zero-order valence-electron chi connectivity index (χ0n) is 18.7. The van der Waals surface area contributed by atoms with Gasteiger partial charge in [0, 0.05) is 28.8 Å². The van der Waals surface area contributed by atoms with E-state index in [9.17, 15) is 0 Å². The molecule has 1 N–H and O–H groups in total. The summed E-state index contributed by atoms with van der Waals surface area (Å²) in [5.41, 5.74) is 5.93. The normalized spacial score (nSPS) is 14.9. The monoisotopic (exact) mass is 494 g/mol. The molecule has 2 nitrogen and oxygen atoms in total. The van der Waals surface area contributed by atoms with Gasteiger partial charge in [0.15, 0.2) is 0 Å². The molecular formula is C30H27BrN2. The highest BCUT2D eigenvalue weighted by molar-refractivity contribution is 9.11. The summed E-state index contributed by atoms with van der Waals surface area (Å²) < 4.78 is 1.03. The first-order valence-electron chi connectivity index (χ1n) is 11.2. The molecule has 0 aromatic heterocycles. The van der Waals surface area contributed by atoms with Crippen molar-refractivity contribution in [1.29, 1.82) is 0 Å². The molecule has 0 saturated heterocycles. The Morgan fingerprint density at radius 2 is 1.58 bits per heavy atom. The molecule has 0 fully saturated rings. The summed E-state index contributed by atoms with van der Waals surface area (Å²) in [6.45, 7) is 2.06. The van der Waals surface area contributed by atoms with Crippen molar-refractivity contribution in [1.82, 2.24) is 4.90 Å². The molecule has 164 valence electrons. The Kier molecular flexibility index (Phi) is 7.85. The SMILES string of the molecule is CCC#CN1C=CC(Br)=CC1=CC(Nc1ccc(Cc2ccccc2)cc1)c1ccccc1. The summed E-state index contributed by atoms with van der Waals surface area (Å²) in [5, 5.41) is 3.71. The van der Waals surface area contributed by atoms with Gasteiger partial charge in [-0.2, -0.15) is 0 Å². The van der Waals surface area contributed by atoms with E-state index in [4.69, 9.17) is 0 Å². The van der Waals surface area contributed by atoms with Crippen molar-refractivity contribution >= 4 is 21.6 Å². The van der Waals surface area contributed by atoms with Gasteiger partial charge in [-0.15, -0.1) is 0 Å². The molecule has 0 aliphatic carbocycles. The van der Waals surface area contributed by atoms with Gasteiger partial charge in [0.2, 0.25) is 0 Å². The average molecular weight is 495 g/mol. The first kappa shape index (κ1) is 22.7. The van der Waals surface area contributed by atoms with Crippen LogP contribution in [0.5, 0.6) is 0 Å². The van der Waals surface area contributed by atoms with Crippen molar-refractivity contribution in [3.63, 3.8) is 0 Å². The zero-order valence-corrected chi connectivity index (χ0v) is 20.3. The maximum Gasteiger partial charge on any atom is 0.0721 e. The number of hydrogen-bond donors (Lipinski definition) is 1. The van der Waals surface area contributed by atoms with E-state index in [0.717, 1.165) is 28.7 Å². The van der Waals surface area contributed by atoms with Crippen LogP contribution in [0.4, 0.5) is 5.69 Å². The Morgan fingerprint density at radius 1 is 0.909 bits per heavy atom. The van der Waals surface area contributed by atoms with Gasteiger partial charge < -0.3 is 5.32 Å². The van der Waals surface area contributed by atoms with Gasteiger partial charge in [0.05, 0.1) is 11.7 Å². The largest absolute Gasteiger partial charge is 0.375 e. The van der Waals surface area contributed by atoms with Gasteiger partial charge in [-0.3, -0.25) is 4.90 Å². The fourth-order valence-electron chi connectivity index (χ4n) is 3.67. The van der Waals surface area contributed by atoms with Crippen LogP contribution in [0.2, 0.25) is 0 Å². The minimum atomic E-state index is -0.00449. The highest BCUT2D eigenvalue weighted by atomic mass is 79.9. The lowest BCUT2D eigenvalue weighted by molar-refractivity contribution is 0.670. The van der Waals surface area contributed by atoms with E-state index in [2.05, 4.69) is 131 Å². The van der Waals surface area contributed by atoms with Crippen molar-refractivity contribution < 1.29 is 0 Å². The van der Waals surface area contributed by atoms with Crippen molar-refractivity contribution in [2.24, 2.45) is 0 Å². The minimum absolute atomic E-state index is 0.00449. The first-order valence-corrected chi connectivity index (χ1v) is 12.0. The smallest absolute Gasteiger partial charge is 0.0721 e. The van der Waals surface area contributed by atoms with Gasteiger partial charge in [-0.25, -0.2) is 0 Å². The Bertz CT molecular complexity index is 1200. The van der Waals surface area contributed by atoms with E-state index < -0.39 is 0 Å². The summed E-state index contributed by atoms with van der Waals surface area (Å²) in [6.07, 6.45) is 10.1. The van der Waals surface area contributed by atoms with Crippen LogP contribution < -0.4 is 5.32 Å². The minimum Gasteiger partial charge on any atom is -0.375 e. The van der Waals surface area contributed by atoms with Crippen molar-refractivity contribution in [3.8, 4) is 12.0 Å². The molecule has 0 saturated carbocycles. The molecule has 33 heavy (non-hydrogen) atoms. The number of hydrogen-bond acceptors (Lipinski definition) is 2. The first-order chi connectivity index (χ1) is 16.2. The summed E-state index contributed by atoms with van der Waals surface area (Å²) >= 11 is 3.61. The van der Waals surface area contributed by atoms with Gasteiger partial charge in [0.1, 0.15) is 0 Å². The van der Waals surface area contributed by atoms with E-state index >= 15 is 0 Å². The van der Waals surface area contributed by atoms with Gasteiger partial charge in [-0.05, 0) is 53.5 Å². The Labute approximate surface area is 205 Å². The number of halogens is 1. The lowest BCUT2D eigenvalue weighted by Crippen LogP contribution is -2.15. The zero-order chi connectivity index (χ0) is 22.9. The Balaban J connectivity index is 1.59. The van der Waals surface area contributed by atoms with Gasteiger partial charge in [-0.1, -0.05) is 102 Å². The molecule has 0 radical (unpaired) electrons. The molecule has 1 aliphatic heterocycles. The van der Waals surface area contributed by atoms with Crippen LogP contribution in [0.3, 0.4) is 0 Å². The van der Waals surface area contributed by atoms with Crippen molar-refractivity contribution in [2.45, 2.75) is 25.8 Å². The molecule has 1 unspecified atom stereocenters. The molecule has 3 aromatic carbocycles. The van der Waals surface area contributed by atoms with E-state index in [0.29, 0.717) is 0 Å². The Morgan fingerprint density at radius 3 is 2.27 bits per heavy atom. The maximum absolute atomic E-state index is 3.71. The molecule has 1 aliphatic rings. The van der Waals surface area contributed by atoms with Crippen LogP contribution in [-0.2, 0) is 6.42 Å². The van der Waals surface area contributed by atoms with E-state index in [1.165, 1.54) is 16.7 Å². The standard InChI is InChI=1S/C30H27BrN2/c1-2-3-19-33-20-18-27(31)22-29(33)23-30(26-12-8-5-9-13-26)32-28-16-14-25(15-17-28)21-24-10-6-4-7-11-24/h4-18,20,22-23,30,32H,2,21H2,1H3. The second-order valence-electron chi connectivity index (χ2n) is 7.84. The Hall–Kier alpha value is -3.48. The van der Waals surface area contributed by atoms with Crippen LogP contribution in [-0.4, -0.2) is 4.90 Å². The lowest BCUT2D eigenvalue weighted by atomic mass is 10.0. The molecule has 0 spiro atoms. The third-order valence-electron chi connectivity index (χ3n) is 5.35. The third kappa shape index (κ3) is 6.51. The molecule has 0 bridgehead atoms. The number of allylic oxidation sites excluding steroid dienone is 3. The van der Waals surface area contributed by atoms with E-state index in [1.54, 1.807) is 0 Å². The number of anilines is 1. The third-order valence-corrected chi connectivity index (χ3v) is 5.84. The quantitative estimate of drug-likeness (QED) is 0.351. The summed E-state index contributed by atoms with van der Waals surface area (Å²) in [7, 11) is 0. The number of benzene rings is 3. The van der Waals surface area contributed by atoms with Gasteiger partial charge >= 0.3 is 0 Å². The second kappa shape index (κ2) is 11.4. The van der Waals surface area contributed by atoms with Crippen LogP contribution >= 0.6 is 15.9 Å². The number of rotatable bonds is 6. The summed E-state index contributed by atoms with van der Waals surface area (Å²) in [6, 6.07) is 33.0. The van der Waals surface area contributed by atoms with Crippen LogP contribution in [0.25, 0.3) is 0 Å². The van der Waals surface area contributed by atoms with Crippen LogP contribution in [0.15, 0.2) is 120 Å². The van der Waals surface area contributed by atoms with Gasteiger partial charge in [0.25, 0.3) is 0 Å². The summed E-state index contributed by atoms with van der Waals surface area (Å²) in [4.78, 5) is 1.98. The predicted octanol–water partition coefficient (Wildman–Crippen LogP) is 7.79.